The van der Waals surface area contributed by atoms with Gasteiger partial charge >= 0.3 is 0 Å². The third-order valence-electron chi connectivity index (χ3n) is 5.38. The zero-order valence-corrected chi connectivity index (χ0v) is 18.4. The number of anilines is 1. The lowest BCUT2D eigenvalue weighted by molar-refractivity contribution is -0.119. The van der Waals surface area contributed by atoms with Crippen LogP contribution in [0, 0.1) is 5.82 Å². The number of nitrogens with zero attached hydrogens (tertiary/aromatic N) is 4. The van der Waals surface area contributed by atoms with Gasteiger partial charge in [-0.1, -0.05) is 29.8 Å². The van der Waals surface area contributed by atoms with Crippen LogP contribution in [0.15, 0.2) is 48.5 Å². The van der Waals surface area contributed by atoms with Crippen LogP contribution in [0.4, 0.5) is 10.1 Å². The number of thioether (sulfide) groups is 1. The lowest BCUT2D eigenvalue weighted by Gasteiger charge is -2.21. The highest BCUT2D eigenvalue weighted by Gasteiger charge is 2.38. The predicted octanol–water partition coefficient (Wildman–Crippen LogP) is 4.09. The number of carbonyl (C=O) groups excluding carboxylic acids is 2. The Labute approximate surface area is 193 Å². The van der Waals surface area contributed by atoms with Gasteiger partial charge in [-0.25, -0.2) is 14.1 Å². The summed E-state index contributed by atoms with van der Waals surface area (Å²) in [7, 11) is 0. The van der Waals surface area contributed by atoms with Crippen molar-refractivity contribution in [3.05, 3.63) is 71.0 Å². The van der Waals surface area contributed by atoms with Crippen molar-refractivity contribution in [1.29, 1.82) is 0 Å². The van der Waals surface area contributed by atoms with Crippen molar-refractivity contribution >= 4 is 40.9 Å². The van der Waals surface area contributed by atoms with E-state index in [4.69, 9.17) is 11.6 Å². The third-order valence-corrected chi connectivity index (χ3v) is 6.72. The smallest absolute Gasteiger partial charge is 0.294 e. The minimum absolute atomic E-state index is 0.0397. The van der Waals surface area contributed by atoms with Crippen molar-refractivity contribution in [1.82, 2.24) is 19.7 Å². The molecule has 1 saturated carbocycles. The van der Waals surface area contributed by atoms with E-state index in [1.54, 1.807) is 16.8 Å². The molecule has 1 N–H and O–H groups in total. The maximum Gasteiger partial charge on any atom is 0.294 e. The second kappa shape index (κ2) is 8.55. The molecule has 164 valence electrons. The van der Waals surface area contributed by atoms with Crippen molar-refractivity contribution < 1.29 is 14.0 Å². The first-order valence-corrected chi connectivity index (χ1v) is 11.7. The molecule has 5 rings (SSSR count). The summed E-state index contributed by atoms with van der Waals surface area (Å²) in [4.78, 5) is 32.1. The molecule has 2 aromatic carbocycles. The fraction of sp³-hybridized carbons (Fsp3) is 0.273. The molecule has 0 bridgehead atoms. The van der Waals surface area contributed by atoms with Crippen LogP contribution < -0.4 is 5.32 Å². The predicted molar refractivity (Wildman–Crippen MR) is 121 cm³/mol. The molecule has 32 heavy (non-hydrogen) atoms. The number of amides is 2. The minimum Gasteiger partial charge on any atom is -0.324 e. The summed E-state index contributed by atoms with van der Waals surface area (Å²) in [5, 5.41) is 7.68. The molecule has 1 aromatic heterocycles. The van der Waals surface area contributed by atoms with Crippen LogP contribution in [-0.2, 0) is 4.79 Å². The third kappa shape index (κ3) is 4.10. The molecule has 10 heteroatoms. The van der Waals surface area contributed by atoms with Crippen molar-refractivity contribution in [2.75, 3.05) is 16.9 Å². The zero-order chi connectivity index (χ0) is 22.2. The van der Waals surface area contributed by atoms with Crippen LogP contribution in [0.25, 0.3) is 5.69 Å². The van der Waals surface area contributed by atoms with Gasteiger partial charge in [0.05, 0.1) is 16.6 Å². The molecule has 1 unspecified atom stereocenters. The van der Waals surface area contributed by atoms with E-state index in [-0.39, 0.29) is 17.6 Å². The molecule has 1 atom stereocenters. The number of hydrogen-bond donors (Lipinski definition) is 1. The Morgan fingerprint density at radius 1 is 1.16 bits per heavy atom. The first-order chi connectivity index (χ1) is 15.5. The van der Waals surface area contributed by atoms with E-state index in [0.29, 0.717) is 33.9 Å². The molecule has 2 fully saturated rings. The largest absolute Gasteiger partial charge is 0.324 e. The number of nitrogens with one attached hydrogen (secondary N) is 1. The van der Waals surface area contributed by atoms with Gasteiger partial charge in [0, 0.05) is 17.4 Å². The maximum atomic E-state index is 13.5. The van der Waals surface area contributed by atoms with Gasteiger partial charge in [-0.3, -0.25) is 9.59 Å². The van der Waals surface area contributed by atoms with E-state index in [1.165, 1.54) is 34.9 Å². The quantitative estimate of drug-likeness (QED) is 0.606. The second-order valence-corrected chi connectivity index (χ2v) is 9.13. The normalized spacial score (nSPS) is 18.1. The first kappa shape index (κ1) is 21.0. The Balaban J connectivity index is 1.40. The Morgan fingerprint density at radius 3 is 2.72 bits per heavy atom. The molecule has 7 nitrogen and oxygen atoms in total. The highest BCUT2D eigenvalue weighted by atomic mass is 35.5. The Kier molecular flexibility index (Phi) is 5.60. The average molecular weight is 472 g/mol. The lowest BCUT2D eigenvalue weighted by atomic mass is 10.2. The topological polar surface area (TPSA) is 80.1 Å². The minimum atomic E-state index is -0.701. The number of rotatable bonds is 5. The van der Waals surface area contributed by atoms with Crippen molar-refractivity contribution in [2.24, 2.45) is 0 Å². The van der Waals surface area contributed by atoms with E-state index in [9.17, 15) is 14.0 Å². The number of carbonyl (C=O) groups is 2. The Hall–Kier alpha value is -2.91. The van der Waals surface area contributed by atoms with Crippen molar-refractivity contribution in [3.8, 4) is 5.69 Å². The second-order valence-electron chi connectivity index (χ2n) is 7.72. The molecule has 1 saturated heterocycles. The SMILES string of the molecule is O=C(Nc1cccc(F)c1)C1CSCN1C(=O)c1nc(C2CC2)n(-c2ccccc2Cl)n1. The van der Waals surface area contributed by atoms with Crippen LogP contribution >= 0.6 is 23.4 Å². The monoisotopic (exact) mass is 471 g/mol. The van der Waals surface area contributed by atoms with Gasteiger partial charge in [-0.2, -0.15) is 0 Å². The van der Waals surface area contributed by atoms with Crippen LogP contribution in [-0.4, -0.2) is 49.2 Å². The van der Waals surface area contributed by atoms with Crippen molar-refractivity contribution in [3.63, 3.8) is 0 Å². The molecule has 2 heterocycles. The van der Waals surface area contributed by atoms with E-state index >= 15 is 0 Å². The van der Waals surface area contributed by atoms with Gasteiger partial charge in [-0.15, -0.1) is 16.9 Å². The number of para-hydroxylation sites is 1. The molecule has 0 radical (unpaired) electrons. The Morgan fingerprint density at radius 2 is 1.97 bits per heavy atom. The van der Waals surface area contributed by atoms with Crippen LogP contribution in [0.3, 0.4) is 0 Å². The summed E-state index contributed by atoms with van der Waals surface area (Å²) in [6.07, 6.45) is 1.96. The fourth-order valence-electron chi connectivity index (χ4n) is 3.60. The molecular formula is C22H19ClFN5O2S. The zero-order valence-electron chi connectivity index (χ0n) is 16.9. The summed E-state index contributed by atoms with van der Waals surface area (Å²) < 4.78 is 15.1. The number of halogens is 2. The molecule has 1 aliphatic heterocycles. The van der Waals surface area contributed by atoms with Gasteiger partial charge in [0.1, 0.15) is 17.7 Å². The highest BCUT2D eigenvalue weighted by molar-refractivity contribution is 7.99. The molecule has 2 aliphatic rings. The van der Waals surface area contributed by atoms with Crippen LogP contribution in [0.2, 0.25) is 5.02 Å². The number of hydrogen-bond acceptors (Lipinski definition) is 5. The molecule has 1 aliphatic carbocycles. The summed E-state index contributed by atoms with van der Waals surface area (Å²) in [5.41, 5.74) is 1.01. The van der Waals surface area contributed by atoms with Gasteiger partial charge < -0.3 is 10.2 Å². The van der Waals surface area contributed by atoms with Gasteiger partial charge in [0.15, 0.2) is 0 Å². The number of aromatic nitrogens is 3. The molecule has 0 spiro atoms. The van der Waals surface area contributed by atoms with E-state index in [1.807, 2.05) is 18.2 Å². The van der Waals surface area contributed by atoms with Crippen LogP contribution in [0.1, 0.15) is 35.2 Å². The molecule has 2 amide bonds. The molecular weight excluding hydrogens is 453 g/mol. The molecule has 3 aromatic rings. The van der Waals surface area contributed by atoms with E-state index < -0.39 is 17.8 Å². The summed E-state index contributed by atoms with van der Waals surface area (Å²) in [6, 6.07) is 12.2. The van der Waals surface area contributed by atoms with Crippen molar-refractivity contribution in [2.45, 2.75) is 24.8 Å². The summed E-state index contributed by atoms with van der Waals surface area (Å²) in [5.74, 6) is 0.530. The fourth-order valence-corrected chi connectivity index (χ4v) is 4.97. The highest BCUT2D eigenvalue weighted by Crippen LogP contribution is 2.40. The number of benzene rings is 2. The van der Waals surface area contributed by atoms with E-state index in [0.717, 1.165) is 12.8 Å². The average Bonchev–Trinajstić information content (AvgIpc) is 3.33. The maximum absolute atomic E-state index is 13.5. The van der Waals surface area contributed by atoms with Crippen LogP contribution in [0.5, 0.6) is 0 Å². The summed E-state index contributed by atoms with van der Waals surface area (Å²) >= 11 is 7.83. The van der Waals surface area contributed by atoms with Gasteiger partial charge in [0.25, 0.3) is 5.91 Å². The lowest BCUT2D eigenvalue weighted by Crippen LogP contribution is -2.44. The standard InChI is InChI=1S/C22H19ClFN5O2S/c23-16-6-1-2-7-17(16)29-20(13-8-9-13)26-19(27-29)22(31)28-12-32-11-18(28)21(30)25-15-5-3-4-14(24)10-15/h1-7,10,13,18H,8-9,11-12H2,(H,25,30). The Bertz CT molecular complexity index is 1200. The summed E-state index contributed by atoms with van der Waals surface area (Å²) in [6.45, 7) is 0. The van der Waals surface area contributed by atoms with Gasteiger partial charge in [-0.05, 0) is 43.2 Å². The first-order valence-electron chi connectivity index (χ1n) is 10.2. The van der Waals surface area contributed by atoms with E-state index in [2.05, 4.69) is 15.4 Å². The van der Waals surface area contributed by atoms with Gasteiger partial charge in [0.2, 0.25) is 11.7 Å².